The second-order valence-electron chi connectivity index (χ2n) is 7.22. The Kier molecular flexibility index (Phi) is 7.50. The molecule has 0 bridgehead atoms. The number of hydrogen-bond acceptors (Lipinski definition) is 6. The zero-order valence-corrected chi connectivity index (χ0v) is 18.9. The van der Waals surface area contributed by atoms with Crippen LogP contribution >= 0.6 is 23.2 Å². The highest BCUT2D eigenvalue weighted by molar-refractivity contribution is 7.89. The first kappa shape index (κ1) is 24.1. The van der Waals surface area contributed by atoms with Crippen LogP contribution in [0, 0.1) is 0 Å². The Hall–Kier alpha value is -2.53. The molecule has 0 spiro atoms. The second-order valence-corrected chi connectivity index (χ2v) is 9.72. The molecule has 1 amide bonds. The van der Waals surface area contributed by atoms with E-state index in [1.165, 1.54) is 24.3 Å². The normalized spacial score (nSPS) is 14.3. The number of benzene rings is 2. The third-order valence-electron chi connectivity index (χ3n) is 4.71. The van der Waals surface area contributed by atoms with Gasteiger partial charge in [-0.05, 0) is 37.1 Å². The van der Waals surface area contributed by atoms with Gasteiger partial charge in [-0.3, -0.25) is 9.59 Å². The average molecular weight is 503 g/mol. The summed E-state index contributed by atoms with van der Waals surface area (Å²) < 4.78 is 33.7. The smallest absolute Gasteiger partial charge is 0.312 e. The predicted octanol–water partition coefficient (Wildman–Crippen LogP) is 4.13. The molecule has 1 aliphatic carbocycles. The molecule has 0 heterocycles. The minimum absolute atomic E-state index is 0.00955. The maximum absolute atomic E-state index is 12.7. The van der Waals surface area contributed by atoms with Crippen LogP contribution in [0.25, 0.3) is 0 Å². The number of phenolic OH excluding ortho intramolecular Hbond substituents is 1. The summed E-state index contributed by atoms with van der Waals surface area (Å²) in [6.07, 6.45) is 2.61. The first-order valence-electron chi connectivity index (χ1n) is 9.59. The van der Waals surface area contributed by atoms with Crippen LogP contribution in [0.3, 0.4) is 0 Å². The molecule has 172 valence electrons. The molecule has 0 radical (unpaired) electrons. The van der Waals surface area contributed by atoms with Gasteiger partial charge in [0.25, 0.3) is 0 Å². The number of carboxylic acids is 1. The van der Waals surface area contributed by atoms with E-state index in [1.807, 2.05) is 0 Å². The highest BCUT2D eigenvalue weighted by atomic mass is 35.5. The summed E-state index contributed by atoms with van der Waals surface area (Å²) in [7, 11) is -3.98. The van der Waals surface area contributed by atoms with Crippen molar-refractivity contribution in [2.45, 2.75) is 43.0 Å². The third kappa shape index (κ3) is 6.04. The minimum Gasteiger partial charge on any atom is -0.507 e. The first-order valence-corrected chi connectivity index (χ1v) is 11.8. The fourth-order valence-electron chi connectivity index (χ4n) is 3.29. The quantitative estimate of drug-likeness (QED) is 0.397. The third-order valence-corrected chi connectivity index (χ3v) is 6.82. The van der Waals surface area contributed by atoms with Gasteiger partial charge in [-0.25, -0.2) is 13.1 Å². The lowest BCUT2D eigenvalue weighted by molar-refractivity contribution is -0.139. The van der Waals surface area contributed by atoms with E-state index in [9.17, 15) is 23.1 Å². The van der Waals surface area contributed by atoms with Crippen molar-refractivity contribution in [2.24, 2.45) is 0 Å². The highest BCUT2D eigenvalue weighted by Crippen LogP contribution is 2.40. The number of rotatable bonds is 8. The van der Waals surface area contributed by atoms with Gasteiger partial charge in [0.2, 0.25) is 15.9 Å². The van der Waals surface area contributed by atoms with E-state index in [0.29, 0.717) is 0 Å². The van der Waals surface area contributed by atoms with Crippen LogP contribution in [0.15, 0.2) is 35.2 Å². The van der Waals surface area contributed by atoms with Gasteiger partial charge in [-0.2, -0.15) is 0 Å². The molecule has 1 aliphatic rings. The predicted molar refractivity (Wildman–Crippen MR) is 118 cm³/mol. The lowest BCUT2D eigenvalue weighted by atomic mass is 10.2. The number of carbonyl (C=O) groups excluding carboxylic acids is 1. The maximum atomic E-state index is 12.7. The summed E-state index contributed by atoms with van der Waals surface area (Å²) in [5.74, 6) is -2.44. The van der Waals surface area contributed by atoms with Crippen molar-refractivity contribution in [2.75, 3.05) is 5.32 Å². The van der Waals surface area contributed by atoms with Crippen molar-refractivity contribution in [3.05, 3.63) is 40.4 Å². The molecule has 3 rings (SSSR count). The Morgan fingerprint density at radius 3 is 2.31 bits per heavy atom. The maximum Gasteiger partial charge on any atom is 0.312 e. The molecular formula is C20H20Cl2N2O7S. The molecule has 0 aliphatic heterocycles. The largest absolute Gasteiger partial charge is 0.507 e. The van der Waals surface area contributed by atoms with Crippen molar-refractivity contribution in [3.63, 3.8) is 0 Å². The molecule has 9 nitrogen and oxygen atoms in total. The number of carboxylic acid groups (broad SMARTS) is 1. The molecule has 1 fully saturated rings. The van der Waals surface area contributed by atoms with Crippen molar-refractivity contribution in [1.29, 1.82) is 0 Å². The van der Waals surface area contributed by atoms with E-state index < -0.39 is 34.1 Å². The van der Waals surface area contributed by atoms with Gasteiger partial charge < -0.3 is 20.3 Å². The minimum atomic E-state index is -3.98. The van der Waals surface area contributed by atoms with Crippen molar-refractivity contribution >= 4 is 50.8 Å². The van der Waals surface area contributed by atoms with E-state index in [-0.39, 0.29) is 38.2 Å². The number of halogens is 2. The summed E-state index contributed by atoms with van der Waals surface area (Å²) in [5.41, 5.74) is 0.160. The Morgan fingerprint density at radius 2 is 1.72 bits per heavy atom. The number of hydrogen-bond donors (Lipinski definition) is 4. The molecule has 0 unspecified atom stereocenters. The molecule has 0 saturated heterocycles. The van der Waals surface area contributed by atoms with Gasteiger partial charge in [0.1, 0.15) is 22.8 Å². The van der Waals surface area contributed by atoms with Gasteiger partial charge in [-0.15, -0.1) is 0 Å². The Labute approximate surface area is 194 Å². The average Bonchev–Trinajstić information content (AvgIpc) is 3.17. The summed E-state index contributed by atoms with van der Waals surface area (Å²) in [5, 5.41) is 21.1. The van der Waals surface area contributed by atoms with Crippen molar-refractivity contribution < 1.29 is 33.0 Å². The zero-order valence-electron chi connectivity index (χ0n) is 16.6. The van der Waals surface area contributed by atoms with Gasteiger partial charge in [0.05, 0.1) is 10.0 Å². The summed E-state index contributed by atoms with van der Waals surface area (Å²) >= 11 is 12.4. The standard InChI is InChI=1S/C20H20Cl2N2O7S/c21-14-7-12(23-18(26)10-19(27)28)8-15(22)20(14)31-13-5-6-16(25)17(9-13)32(29,30)24-11-3-1-2-4-11/h5-9,11,24-25H,1-4,10H2,(H,23,26)(H,27,28). The van der Waals surface area contributed by atoms with E-state index >= 15 is 0 Å². The van der Waals surface area contributed by atoms with Crippen molar-refractivity contribution in [3.8, 4) is 17.2 Å². The highest BCUT2D eigenvalue weighted by Gasteiger charge is 2.26. The Morgan fingerprint density at radius 1 is 1.09 bits per heavy atom. The van der Waals surface area contributed by atoms with Gasteiger partial charge >= 0.3 is 5.97 Å². The molecule has 12 heteroatoms. The van der Waals surface area contributed by atoms with E-state index in [0.717, 1.165) is 31.7 Å². The number of ether oxygens (including phenoxy) is 1. The van der Waals surface area contributed by atoms with Crippen LogP contribution in [-0.4, -0.2) is 36.5 Å². The lowest BCUT2D eigenvalue weighted by Gasteiger charge is -2.15. The molecule has 2 aromatic rings. The number of aliphatic carboxylic acids is 1. The van der Waals surface area contributed by atoms with E-state index in [4.69, 9.17) is 33.0 Å². The summed E-state index contributed by atoms with van der Waals surface area (Å²) in [4.78, 5) is 21.9. The molecule has 2 aromatic carbocycles. The molecule has 4 N–H and O–H groups in total. The number of amides is 1. The van der Waals surface area contributed by atoms with Gasteiger partial charge in [-0.1, -0.05) is 36.0 Å². The first-order chi connectivity index (χ1) is 15.0. The number of sulfonamides is 1. The van der Waals surface area contributed by atoms with Crippen LogP contribution in [0.2, 0.25) is 10.0 Å². The molecule has 1 saturated carbocycles. The Bertz CT molecular complexity index is 1130. The van der Waals surface area contributed by atoms with Crippen LogP contribution in [0.1, 0.15) is 32.1 Å². The van der Waals surface area contributed by atoms with E-state index in [1.54, 1.807) is 0 Å². The number of phenols is 1. The SMILES string of the molecule is O=C(O)CC(=O)Nc1cc(Cl)c(Oc2ccc(O)c(S(=O)(=O)NC3CCCC3)c2)c(Cl)c1. The van der Waals surface area contributed by atoms with Gasteiger partial charge in [0.15, 0.2) is 5.75 Å². The zero-order chi connectivity index (χ0) is 23.5. The van der Waals surface area contributed by atoms with Crippen LogP contribution in [-0.2, 0) is 19.6 Å². The fraction of sp³-hybridized carbons (Fsp3) is 0.300. The number of aromatic hydroxyl groups is 1. The molecule has 0 aromatic heterocycles. The van der Waals surface area contributed by atoms with Crippen LogP contribution < -0.4 is 14.8 Å². The number of carbonyl (C=O) groups is 2. The molecule has 0 atom stereocenters. The molecule has 32 heavy (non-hydrogen) atoms. The lowest BCUT2D eigenvalue weighted by Crippen LogP contribution is -2.32. The van der Waals surface area contributed by atoms with E-state index in [2.05, 4.69) is 10.0 Å². The molecular weight excluding hydrogens is 483 g/mol. The summed E-state index contributed by atoms with van der Waals surface area (Å²) in [6, 6.07) is 6.11. The number of nitrogens with one attached hydrogen (secondary N) is 2. The Balaban J connectivity index is 1.82. The summed E-state index contributed by atoms with van der Waals surface area (Å²) in [6.45, 7) is 0. The fourth-order valence-corrected chi connectivity index (χ4v) is 5.27. The second kappa shape index (κ2) is 9.95. The van der Waals surface area contributed by atoms with Crippen molar-refractivity contribution in [1.82, 2.24) is 4.72 Å². The topological polar surface area (TPSA) is 142 Å². The van der Waals surface area contributed by atoms with Gasteiger partial charge in [0, 0.05) is 17.8 Å². The van der Waals surface area contributed by atoms with Crippen LogP contribution in [0.4, 0.5) is 5.69 Å². The number of anilines is 1. The monoisotopic (exact) mass is 502 g/mol. The van der Waals surface area contributed by atoms with Crippen LogP contribution in [0.5, 0.6) is 17.2 Å².